The molecule has 0 aliphatic rings. The molecule has 0 saturated carbocycles. The molecule has 1 radical (unpaired) electrons. The van der Waals surface area contributed by atoms with Crippen LogP contribution in [0.3, 0.4) is 0 Å². The first kappa shape index (κ1) is 65.4. The summed E-state index contributed by atoms with van der Waals surface area (Å²) in [4.78, 5) is 17.2. The molecule has 0 atom stereocenters. The molecule has 10 aromatic rings. The average Bonchev–Trinajstić information content (AvgIpc) is 1.76. The second-order valence-electron chi connectivity index (χ2n) is 25.3. The number of nitrogens with zero attached hydrogens (tertiary/aromatic N) is 1. The predicted molar refractivity (Wildman–Crippen MR) is 362 cm³/mol. The summed E-state index contributed by atoms with van der Waals surface area (Å²) in [6.07, 6.45) is 17.7. The van der Waals surface area contributed by atoms with Crippen molar-refractivity contribution < 1.29 is 43.9 Å². The number of pyridine rings is 1. The van der Waals surface area contributed by atoms with Gasteiger partial charge >= 0.3 is 0 Å². The standard InChI is InChI=1S/C41H38N.C39H50O5.Ir/c1-40(2,3)36-18-14-28(15-19-36)33-25-34(29-16-20-37(21-17-29)41(4,5)6)27-35(26-33)31-11-9-12-32(24-31)39-38-13-8-7-10-30(38)22-23-42-39;1-5-7-9-11-13-15-21-42-36-26-33-34-27-37(43-22-16-14-12-10-8-6-2)32(25-39(34)44-38(33)23-28(36)3)30-17-19-31(20-18-30)35(41)24-29(4)40;/h7-11,13-27H,1-6H3;17-20,23-27,40H,5-16,21-22H2,1-4H3;/q-1;;/b;29-24-;. The number of aliphatic hydroxyl groups excluding tert-OH is 1. The molecule has 2 heterocycles. The van der Waals surface area contributed by atoms with Crippen molar-refractivity contribution >= 4 is 38.5 Å². The van der Waals surface area contributed by atoms with Gasteiger partial charge in [-0.05, 0) is 153 Å². The van der Waals surface area contributed by atoms with Gasteiger partial charge in [0.05, 0.1) is 19.0 Å². The zero-order chi connectivity index (χ0) is 60.8. The smallest absolute Gasteiger partial charge is 0.189 e. The van der Waals surface area contributed by atoms with Gasteiger partial charge in [-0.25, -0.2) is 0 Å². The summed E-state index contributed by atoms with van der Waals surface area (Å²) in [5.41, 5.74) is 17.1. The summed E-state index contributed by atoms with van der Waals surface area (Å²) in [7, 11) is 0. The molecule has 453 valence electrons. The van der Waals surface area contributed by atoms with Gasteiger partial charge in [-0.3, -0.25) is 4.79 Å². The number of benzene rings is 8. The van der Waals surface area contributed by atoms with E-state index in [-0.39, 0.29) is 42.5 Å². The van der Waals surface area contributed by atoms with Crippen LogP contribution in [0.2, 0.25) is 0 Å². The van der Waals surface area contributed by atoms with Crippen LogP contribution in [0.4, 0.5) is 0 Å². The zero-order valence-corrected chi connectivity index (χ0v) is 55.4. The van der Waals surface area contributed by atoms with Crippen LogP contribution in [-0.4, -0.2) is 29.1 Å². The van der Waals surface area contributed by atoms with Gasteiger partial charge in [0.2, 0.25) is 0 Å². The Bertz CT molecular complexity index is 3830. The summed E-state index contributed by atoms with van der Waals surface area (Å²) < 4.78 is 19.1. The number of carbonyl (C=O) groups excluding carboxylic acids is 1. The van der Waals surface area contributed by atoms with Gasteiger partial charge in [0, 0.05) is 54.3 Å². The van der Waals surface area contributed by atoms with Crippen molar-refractivity contribution in [1.82, 2.24) is 4.98 Å². The number of aryl methyl sites for hydroxylation is 1. The van der Waals surface area contributed by atoms with E-state index >= 15 is 0 Å². The molecule has 0 unspecified atom stereocenters. The van der Waals surface area contributed by atoms with Crippen LogP contribution in [0.5, 0.6) is 11.5 Å². The fourth-order valence-electron chi connectivity index (χ4n) is 11.2. The Balaban J connectivity index is 0.000000223. The number of furan rings is 1. The molecule has 87 heavy (non-hydrogen) atoms. The molecule has 0 amide bonds. The second-order valence-corrected chi connectivity index (χ2v) is 25.3. The minimum Gasteiger partial charge on any atom is -0.512 e. The Kier molecular flexibility index (Phi) is 22.8. The Morgan fingerprint density at radius 2 is 1.05 bits per heavy atom. The van der Waals surface area contributed by atoms with Gasteiger partial charge in [0.15, 0.2) is 5.78 Å². The number of aliphatic hydroxyl groups is 1. The molecular weight excluding hydrogens is 1250 g/mol. The summed E-state index contributed by atoms with van der Waals surface area (Å²) in [6, 6.07) is 61.1. The Morgan fingerprint density at radius 3 is 1.61 bits per heavy atom. The van der Waals surface area contributed by atoms with E-state index in [4.69, 9.17) is 18.9 Å². The third-order valence-electron chi connectivity index (χ3n) is 16.4. The summed E-state index contributed by atoms with van der Waals surface area (Å²) >= 11 is 0. The molecule has 8 aromatic carbocycles. The van der Waals surface area contributed by atoms with Gasteiger partial charge < -0.3 is 24.0 Å². The van der Waals surface area contributed by atoms with E-state index < -0.39 is 0 Å². The van der Waals surface area contributed by atoms with Gasteiger partial charge in [-0.1, -0.05) is 217 Å². The number of allylic oxidation sites excluding steroid dienone is 2. The van der Waals surface area contributed by atoms with Crippen molar-refractivity contribution in [3.63, 3.8) is 0 Å². The third-order valence-corrected chi connectivity index (χ3v) is 16.4. The predicted octanol–water partition coefficient (Wildman–Crippen LogP) is 23.0. The van der Waals surface area contributed by atoms with Crippen LogP contribution >= 0.6 is 0 Å². The Labute approximate surface area is 531 Å². The van der Waals surface area contributed by atoms with E-state index in [2.05, 4.69) is 196 Å². The minimum atomic E-state index is -0.228. The van der Waals surface area contributed by atoms with E-state index in [1.165, 1.54) is 115 Å². The molecule has 0 saturated heterocycles. The monoisotopic (exact) mass is 1340 g/mol. The van der Waals surface area contributed by atoms with E-state index in [1.807, 2.05) is 30.5 Å². The van der Waals surface area contributed by atoms with Crippen molar-refractivity contribution in [2.45, 2.75) is 157 Å². The topological polar surface area (TPSA) is 81.8 Å². The van der Waals surface area contributed by atoms with Gasteiger partial charge in [0.25, 0.3) is 0 Å². The number of unbranched alkanes of at least 4 members (excludes halogenated alkanes) is 10. The molecule has 7 heteroatoms. The molecule has 2 aromatic heterocycles. The van der Waals surface area contributed by atoms with Crippen molar-refractivity contribution in [3.8, 4) is 67.3 Å². The first-order valence-electron chi connectivity index (χ1n) is 31.5. The first-order valence-corrected chi connectivity index (χ1v) is 31.5. The van der Waals surface area contributed by atoms with Gasteiger partial charge in [-0.15, -0.1) is 35.4 Å². The van der Waals surface area contributed by atoms with Crippen LogP contribution in [-0.2, 0) is 30.9 Å². The maximum Gasteiger partial charge on any atom is 0.189 e. The molecular formula is C80H88IrNO5-. The Hall–Kier alpha value is -7.57. The molecule has 0 fully saturated rings. The fourth-order valence-corrected chi connectivity index (χ4v) is 11.2. The normalized spacial score (nSPS) is 11.8. The van der Waals surface area contributed by atoms with Gasteiger partial charge in [-0.2, -0.15) is 0 Å². The summed E-state index contributed by atoms with van der Waals surface area (Å²) in [5, 5.41) is 13.9. The number of ketones is 1. The maximum absolute atomic E-state index is 12.4. The van der Waals surface area contributed by atoms with E-state index in [1.54, 1.807) is 12.1 Å². The molecule has 1 N–H and O–H groups in total. The number of ether oxygens (including phenoxy) is 2. The van der Waals surface area contributed by atoms with Crippen molar-refractivity contribution in [3.05, 3.63) is 210 Å². The van der Waals surface area contributed by atoms with Crippen molar-refractivity contribution in [1.29, 1.82) is 0 Å². The van der Waals surface area contributed by atoms with Crippen LogP contribution < -0.4 is 9.47 Å². The number of hydrogen-bond acceptors (Lipinski definition) is 6. The molecule has 0 spiro atoms. The molecule has 10 rings (SSSR count). The fraction of sp³-hybridized carbons (Fsp3) is 0.325. The minimum absolute atomic E-state index is 0. The van der Waals surface area contributed by atoms with Crippen LogP contribution in [0, 0.1) is 13.0 Å². The number of carbonyl (C=O) groups is 1. The quantitative estimate of drug-likeness (QED) is 0.0226. The molecule has 0 aliphatic carbocycles. The van der Waals surface area contributed by atoms with Crippen molar-refractivity contribution in [2.75, 3.05) is 13.2 Å². The van der Waals surface area contributed by atoms with Crippen LogP contribution in [0.25, 0.3) is 88.5 Å². The van der Waals surface area contributed by atoms with Gasteiger partial charge in [0.1, 0.15) is 22.7 Å². The first-order chi connectivity index (χ1) is 41.5. The summed E-state index contributed by atoms with van der Waals surface area (Å²) in [6.45, 7) is 23.0. The molecule has 0 aliphatic heterocycles. The second kappa shape index (κ2) is 30.4. The summed E-state index contributed by atoms with van der Waals surface area (Å²) in [5.74, 6) is 1.47. The molecule has 6 nitrogen and oxygen atoms in total. The number of hydrogen-bond donors (Lipinski definition) is 1. The zero-order valence-electron chi connectivity index (χ0n) is 53.0. The number of rotatable bonds is 23. The number of fused-ring (bicyclic) bond motifs is 4. The van der Waals surface area contributed by atoms with Crippen LogP contribution in [0.15, 0.2) is 186 Å². The van der Waals surface area contributed by atoms with Crippen molar-refractivity contribution in [2.24, 2.45) is 0 Å². The van der Waals surface area contributed by atoms with Crippen LogP contribution in [0.1, 0.15) is 166 Å². The Morgan fingerprint density at radius 1 is 0.540 bits per heavy atom. The SMILES string of the molecule is CC(C)(C)c1ccc(-c2cc(-c3ccc(C(C)(C)C)cc3)cc(-c3cc[c-]c(-c4nccc5ccccc45)c3)c2)cc1.CCCCCCCCOc1cc2c(cc1C)oc1cc(-c3ccc(C(=O)/C=C(/C)O)cc3)c(OCCCCCCCC)cc12.[Ir]. The molecule has 0 bridgehead atoms. The third kappa shape index (κ3) is 17.2. The largest absolute Gasteiger partial charge is 0.512 e. The van der Waals surface area contributed by atoms with E-state index in [0.29, 0.717) is 12.2 Å². The van der Waals surface area contributed by atoms with E-state index in [9.17, 15) is 9.90 Å². The average molecular weight is 1340 g/mol. The maximum atomic E-state index is 12.4. The van der Waals surface area contributed by atoms with E-state index in [0.717, 1.165) is 98.2 Å². The number of aromatic nitrogens is 1.